The topological polar surface area (TPSA) is 0 Å². The van der Waals surface area contributed by atoms with Gasteiger partial charge in [-0.25, -0.2) is 0 Å². The summed E-state index contributed by atoms with van der Waals surface area (Å²) in [5.74, 6) is 0. The maximum atomic E-state index is 4.00. The van der Waals surface area contributed by atoms with Crippen LogP contribution in [0, 0.1) is 0 Å². The van der Waals surface area contributed by atoms with E-state index in [-0.39, 0.29) is 31.7 Å². The van der Waals surface area contributed by atoms with Crippen molar-refractivity contribution in [3.63, 3.8) is 0 Å². The molecule has 0 aliphatic heterocycles. The largest absolute Gasteiger partial charge is 0.0776 e. The van der Waals surface area contributed by atoms with Gasteiger partial charge in [-0.1, -0.05) is 42.5 Å². The SMILES string of the molecule is C.C.CC.CC.[B].[B].[B][B].[B][B]. The molecule has 0 N–H and O–H groups in total. The maximum absolute atomic E-state index is 4.00. The summed E-state index contributed by atoms with van der Waals surface area (Å²) in [5, 5.41) is 0. The van der Waals surface area contributed by atoms with Crippen molar-refractivity contribution in [2.45, 2.75) is 42.5 Å². The third kappa shape index (κ3) is 6030. The van der Waals surface area contributed by atoms with Crippen LogP contribution in [0.25, 0.3) is 0 Å². The summed E-state index contributed by atoms with van der Waals surface area (Å²) >= 11 is 0. The monoisotopic (exact) mass is 158 g/mol. The quantitative estimate of drug-likeness (QED) is 0.461. The lowest BCUT2D eigenvalue weighted by Crippen LogP contribution is -1.38. The van der Waals surface area contributed by atoms with Crippen LogP contribution in [0.4, 0.5) is 0 Å². The maximum Gasteiger partial charge on any atom is 0 e. The van der Waals surface area contributed by atoms with Crippen LogP contribution in [0.1, 0.15) is 42.5 Å². The first-order valence-corrected chi connectivity index (χ1v) is 2.67. The standard InChI is InChI=1S/2C2H6.2CH4.2B2.2B/c2*1-2;;;2*1-2;;/h2*1-2H3;2*1H4;;;;. The van der Waals surface area contributed by atoms with Crippen molar-refractivity contribution in [1.82, 2.24) is 0 Å². The van der Waals surface area contributed by atoms with Crippen LogP contribution < -0.4 is 0 Å². The Labute approximate surface area is 90.8 Å². The molecule has 0 atom stereocenters. The Morgan fingerprint density at radius 1 is 0.500 bits per heavy atom. The van der Waals surface area contributed by atoms with E-state index in [0.29, 0.717) is 0 Å². The average Bonchev–Trinajstić information content (AvgIpc) is 2.03. The molecule has 0 fully saturated rings. The van der Waals surface area contributed by atoms with E-state index in [0.717, 1.165) is 0 Å². The van der Waals surface area contributed by atoms with Crippen LogP contribution in [-0.2, 0) is 0 Å². The van der Waals surface area contributed by atoms with Gasteiger partial charge < -0.3 is 0 Å². The second-order valence-corrected chi connectivity index (χ2v) is 0. The normalized spacial score (nSPS) is 1.67. The van der Waals surface area contributed by atoms with Gasteiger partial charge in [-0.2, -0.15) is 0 Å². The smallest absolute Gasteiger partial charge is 0 e. The van der Waals surface area contributed by atoms with Crippen molar-refractivity contribution < 1.29 is 0 Å². The van der Waals surface area contributed by atoms with Gasteiger partial charge in [0.2, 0.25) is 0 Å². The van der Waals surface area contributed by atoms with Gasteiger partial charge in [0.15, 0.2) is 0 Å². The first-order chi connectivity index (χ1) is 4.00. The van der Waals surface area contributed by atoms with E-state index in [1.807, 2.05) is 27.7 Å². The Kier molecular flexibility index (Phi) is 56300. The lowest BCUT2D eigenvalue weighted by atomic mass is 9.81. The molecule has 0 saturated carbocycles. The zero-order valence-corrected chi connectivity index (χ0v) is 7.46. The highest BCUT2D eigenvalue weighted by atomic mass is 13.0. The molecule has 0 aliphatic carbocycles. The Morgan fingerprint density at radius 2 is 0.500 bits per heavy atom. The fraction of sp³-hybridized carbons (Fsp3) is 1.00. The van der Waals surface area contributed by atoms with Gasteiger partial charge in [-0.3, -0.25) is 0 Å². The Bertz CT molecular complexity index is 12.0. The van der Waals surface area contributed by atoms with Crippen LogP contribution in [0.2, 0.25) is 0 Å². The van der Waals surface area contributed by atoms with Gasteiger partial charge >= 0.3 is 0 Å². The zero-order valence-electron chi connectivity index (χ0n) is 7.46. The minimum Gasteiger partial charge on any atom is -0.0776 e. The molecule has 62 valence electrons. The first-order valence-electron chi connectivity index (χ1n) is 2.67. The second kappa shape index (κ2) is 8100. The summed E-state index contributed by atoms with van der Waals surface area (Å²) in [6.07, 6.45) is 0. The highest BCUT2D eigenvalue weighted by Gasteiger charge is 1.00. The van der Waals surface area contributed by atoms with Crippen LogP contribution in [0.15, 0.2) is 0 Å². The molecule has 0 aliphatic rings. The van der Waals surface area contributed by atoms with Gasteiger partial charge in [0, 0.05) is 47.8 Å². The summed E-state index contributed by atoms with van der Waals surface area (Å²) in [5.41, 5.74) is 0. The van der Waals surface area contributed by atoms with Crippen molar-refractivity contribution in [2.75, 3.05) is 0 Å². The molecule has 0 nitrogen and oxygen atoms in total. The molecule has 0 aromatic carbocycles. The van der Waals surface area contributed by atoms with Crippen molar-refractivity contribution >= 4 is 47.8 Å². The van der Waals surface area contributed by atoms with Gasteiger partial charge in [0.05, 0.1) is 0 Å². The number of hydrogen-bond donors (Lipinski definition) is 0. The van der Waals surface area contributed by atoms with Gasteiger partial charge in [-0.15, -0.1) is 0 Å². The molecule has 0 aromatic rings. The molecule has 0 unspecified atom stereocenters. The lowest BCUT2D eigenvalue weighted by Gasteiger charge is -1.07. The fourth-order valence-electron chi connectivity index (χ4n) is 0. The summed E-state index contributed by atoms with van der Waals surface area (Å²) in [4.78, 5) is 0. The van der Waals surface area contributed by atoms with Crippen LogP contribution >= 0.6 is 0 Å². The minimum absolute atomic E-state index is 0. The predicted octanol–water partition coefficient (Wildman–Crippen LogP) is 1.04. The van der Waals surface area contributed by atoms with Crippen molar-refractivity contribution in [3.05, 3.63) is 0 Å². The molecule has 0 aromatic heterocycles. The highest BCUT2D eigenvalue weighted by Crippen LogP contribution is 1.15. The van der Waals surface area contributed by atoms with Gasteiger partial charge in [-0.05, 0) is 0 Å². The van der Waals surface area contributed by atoms with E-state index >= 15 is 0 Å². The predicted molar refractivity (Wildman–Crippen MR) is 70.7 cm³/mol. The number of rotatable bonds is 0. The third-order valence-corrected chi connectivity index (χ3v) is 0. The van der Waals surface area contributed by atoms with Crippen LogP contribution in [-0.4, -0.2) is 47.8 Å². The van der Waals surface area contributed by atoms with Crippen molar-refractivity contribution in [1.29, 1.82) is 0 Å². The summed E-state index contributed by atoms with van der Waals surface area (Å²) < 4.78 is 0. The molecule has 0 saturated heterocycles. The van der Waals surface area contributed by atoms with Gasteiger partial charge in [0.25, 0.3) is 0 Å². The van der Waals surface area contributed by atoms with E-state index in [4.69, 9.17) is 0 Å². The highest BCUT2D eigenvalue weighted by molar-refractivity contribution is 6.76. The van der Waals surface area contributed by atoms with Crippen LogP contribution in [0.3, 0.4) is 0 Å². The average molecular weight is 157 g/mol. The molecule has 6 heteroatoms. The summed E-state index contributed by atoms with van der Waals surface area (Å²) in [6, 6.07) is 0. The molecule has 14 radical (unpaired) electrons. The summed E-state index contributed by atoms with van der Waals surface area (Å²) in [6.45, 7) is 8.00. The first kappa shape index (κ1) is 83.4. The molecular formula is C6H20B6. The van der Waals surface area contributed by atoms with Crippen molar-refractivity contribution in [3.8, 4) is 0 Å². The van der Waals surface area contributed by atoms with E-state index in [1.165, 1.54) is 0 Å². The van der Waals surface area contributed by atoms with Gasteiger partial charge in [0.1, 0.15) is 0 Å². The Morgan fingerprint density at radius 3 is 0.500 bits per heavy atom. The molecule has 0 rings (SSSR count). The summed E-state index contributed by atoms with van der Waals surface area (Å²) in [7, 11) is 16.0. The molecule has 0 spiro atoms. The van der Waals surface area contributed by atoms with E-state index in [1.54, 1.807) is 0 Å². The van der Waals surface area contributed by atoms with Crippen molar-refractivity contribution in [2.24, 2.45) is 0 Å². The van der Waals surface area contributed by atoms with Crippen LogP contribution in [0.5, 0.6) is 0 Å². The van der Waals surface area contributed by atoms with E-state index < -0.39 is 0 Å². The lowest BCUT2D eigenvalue weighted by molar-refractivity contribution is 1.50. The zero-order chi connectivity index (χ0) is 8.00. The van der Waals surface area contributed by atoms with E-state index in [2.05, 4.69) is 30.9 Å². The number of hydrogen-bond acceptors (Lipinski definition) is 0. The minimum atomic E-state index is 0. The molecule has 0 bridgehead atoms. The Hall–Kier alpha value is 0.390. The molecular weight excluding hydrogens is 137 g/mol. The second-order valence-electron chi connectivity index (χ2n) is 0. The molecule has 0 heterocycles. The third-order valence-electron chi connectivity index (χ3n) is 0. The molecule has 12 heavy (non-hydrogen) atoms. The fourth-order valence-corrected chi connectivity index (χ4v) is 0. The molecule has 0 amide bonds. The Balaban J connectivity index is -0.00000000267. The van der Waals surface area contributed by atoms with E-state index in [9.17, 15) is 0 Å².